The molecular formula is C46H61Cl4N11O8P2. The van der Waals surface area contributed by atoms with Crippen molar-refractivity contribution in [3.05, 3.63) is 119 Å². The Morgan fingerprint density at radius 3 is 1.82 bits per heavy atom. The second-order valence-corrected chi connectivity index (χ2v) is 14.8. The maximum Gasteiger partial charge on any atom is 0.356 e. The fraction of sp³-hybridized carbons (Fsp3) is 0.348. The van der Waals surface area contributed by atoms with Gasteiger partial charge in [0.25, 0.3) is 11.5 Å². The highest BCUT2D eigenvalue weighted by Crippen LogP contribution is 2.22. The number of amides is 1. The number of hydrogen-bond donors (Lipinski definition) is 3. The van der Waals surface area contributed by atoms with Crippen LogP contribution in [-0.2, 0) is 20.8 Å². The largest absolute Gasteiger partial charge is 0.479 e. The minimum Gasteiger partial charge on any atom is -0.479 e. The first-order chi connectivity index (χ1) is 33.7. The molecule has 5 aromatic heterocycles. The number of alkyl halides is 3. The van der Waals surface area contributed by atoms with Crippen LogP contribution in [0.2, 0.25) is 0 Å². The number of halogens is 4. The number of methoxy groups -OCH3 is 3. The molecule has 0 bridgehead atoms. The molecule has 25 heteroatoms. The lowest BCUT2D eigenvalue weighted by Crippen LogP contribution is -2.45. The number of pyridine rings is 2. The predicted octanol–water partition coefficient (Wildman–Crippen LogP) is 6.00. The summed E-state index contributed by atoms with van der Waals surface area (Å²) in [4.78, 5) is 65.2. The van der Waals surface area contributed by atoms with E-state index >= 15 is 0 Å². The van der Waals surface area contributed by atoms with E-state index in [9.17, 15) is 19.2 Å². The minimum atomic E-state index is -1.01. The number of imidazole rings is 3. The number of carbonyl (C=O) groups excluding carboxylic acids is 2. The van der Waals surface area contributed by atoms with Crippen molar-refractivity contribution in [3.8, 4) is 42.4 Å². The van der Waals surface area contributed by atoms with Crippen LogP contribution in [0.5, 0.6) is 5.88 Å². The van der Waals surface area contributed by atoms with Gasteiger partial charge in [-0.05, 0) is 64.1 Å². The molecule has 71 heavy (non-hydrogen) atoms. The highest BCUT2D eigenvalue weighted by molar-refractivity contribution is 7.92. The second kappa shape index (κ2) is 36.2. The number of esters is 1. The van der Waals surface area contributed by atoms with Gasteiger partial charge < -0.3 is 53.1 Å². The summed E-state index contributed by atoms with van der Waals surface area (Å²) in [6.07, 6.45) is 25.7. The molecule has 0 radical (unpaired) electrons. The Balaban J connectivity index is 0.000000913. The van der Waals surface area contributed by atoms with Gasteiger partial charge >= 0.3 is 11.9 Å². The molecule has 0 saturated carbocycles. The van der Waals surface area contributed by atoms with Gasteiger partial charge in [-0.3, -0.25) is 9.59 Å². The summed E-state index contributed by atoms with van der Waals surface area (Å²) >= 11 is 16.4. The number of terminal acetylenes is 2. The molecule has 0 saturated heterocycles. The number of carboxylic acid groups (broad SMARTS) is 1. The first-order valence-corrected chi connectivity index (χ1v) is 25.1. The number of aryl methyl sites for hydroxylation is 3. The Labute approximate surface area is 440 Å². The lowest BCUT2D eigenvalue weighted by molar-refractivity contribution is -0.133. The third-order valence-electron chi connectivity index (χ3n) is 9.01. The number of aromatic nitrogens is 8. The van der Waals surface area contributed by atoms with Gasteiger partial charge in [0.15, 0.2) is 11.9 Å². The minimum absolute atomic E-state index is 0. The Kier molecular flexibility index (Phi) is 33.3. The van der Waals surface area contributed by atoms with Gasteiger partial charge in [0.2, 0.25) is 5.88 Å². The first kappa shape index (κ1) is 65.3. The quantitative estimate of drug-likeness (QED) is 0.0406. The molecule has 0 aromatic carbocycles. The van der Waals surface area contributed by atoms with E-state index in [0.717, 1.165) is 35.9 Å². The molecule has 3 atom stereocenters. The molecule has 2 aliphatic heterocycles. The Bertz CT molecular complexity index is 2600. The first-order valence-electron chi connectivity index (χ1n) is 20.8. The van der Waals surface area contributed by atoms with Crippen molar-refractivity contribution in [2.24, 2.45) is 0 Å². The molecule has 19 nitrogen and oxygen atoms in total. The monoisotopic (exact) mass is 1100 g/mol. The normalized spacial score (nSPS) is 12.6. The number of nitrogens with zero attached hydrogens (tertiary/aromatic N) is 9. The molecule has 2 aliphatic rings. The summed E-state index contributed by atoms with van der Waals surface area (Å²) in [6, 6.07) is 6.67. The Morgan fingerprint density at radius 2 is 1.37 bits per heavy atom. The van der Waals surface area contributed by atoms with Gasteiger partial charge in [0.1, 0.15) is 22.8 Å². The van der Waals surface area contributed by atoms with Gasteiger partial charge in [-0.2, -0.15) is 0 Å². The number of carbonyl (C=O) groups is 3. The van der Waals surface area contributed by atoms with Gasteiger partial charge in [-0.1, -0.05) is 0 Å². The number of rotatable bonds is 13. The fourth-order valence-electron chi connectivity index (χ4n) is 5.95. The fourth-order valence-corrected chi connectivity index (χ4v) is 6.42. The molecule has 7 heterocycles. The van der Waals surface area contributed by atoms with Crippen LogP contribution in [0.1, 0.15) is 45.0 Å². The maximum atomic E-state index is 12.6. The molecule has 0 fully saturated rings. The van der Waals surface area contributed by atoms with E-state index in [2.05, 4.69) is 78.4 Å². The standard InChI is InChI=1S/C14H15ClN4O2.C12H13N3O3.C11H13N3O3.C4H9Cl2N.C3H4.C2H2.ClH.H4P2/c1-10-8-18(9-16-10)11-2-3-12-13(20)17(5-4-15)6-7-19(12)14(11)21;1-8-6-15(7-13-8)10-5-4-9(12(16)18-3)14-11(10)17-2;1-7-5-14(6-12-7)9-4-3-8(11(15)16)13-10(9)17-2;5-1-3-7-4-2-6;1-3-2;1-2;;1-2/h2-3,8-9H,4-7H2,1H3;4-7H,1-3H3;3-6,10,13H,1-2H3,(H,15,16);7H,1-4H2;1H,2H3;1-2H;1H;1-2H2. The van der Waals surface area contributed by atoms with E-state index in [4.69, 9.17) is 49.4 Å². The van der Waals surface area contributed by atoms with Gasteiger partial charge in [-0.15, -0.1) is 90.3 Å². The van der Waals surface area contributed by atoms with E-state index in [1.54, 1.807) is 81.0 Å². The molecule has 7 rings (SSSR count). The molecule has 0 spiro atoms. The lowest BCUT2D eigenvalue weighted by atomic mass is 10.2. The zero-order valence-electron chi connectivity index (χ0n) is 40.4. The number of fused-ring (bicyclic) bond motifs is 1. The van der Waals surface area contributed by atoms with Gasteiger partial charge in [-0.25, -0.2) is 29.5 Å². The molecule has 1 amide bonds. The van der Waals surface area contributed by atoms with Crippen molar-refractivity contribution in [1.82, 2.24) is 53.7 Å². The maximum absolute atomic E-state index is 12.6. The van der Waals surface area contributed by atoms with Crippen molar-refractivity contribution in [1.29, 1.82) is 0 Å². The number of carboxylic acids is 1. The highest BCUT2D eigenvalue weighted by atomic mass is 35.5. The van der Waals surface area contributed by atoms with Crippen molar-refractivity contribution >= 4 is 88.6 Å². The van der Waals surface area contributed by atoms with Crippen LogP contribution in [0, 0.1) is 46.0 Å². The second-order valence-electron chi connectivity index (χ2n) is 13.7. The van der Waals surface area contributed by atoms with Crippen LogP contribution in [0.4, 0.5) is 0 Å². The van der Waals surface area contributed by atoms with Crippen LogP contribution in [0.25, 0.3) is 17.1 Å². The number of ether oxygens (including phenoxy) is 3. The van der Waals surface area contributed by atoms with Crippen LogP contribution in [-0.4, -0.2) is 137 Å². The summed E-state index contributed by atoms with van der Waals surface area (Å²) < 4.78 is 21.8. The summed E-state index contributed by atoms with van der Waals surface area (Å²) in [5, 5.41) is 14.7. The molecule has 386 valence electrons. The predicted molar refractivity (Wildman–Crippen MR) is 289 cm³/mol. The average molecular weight is 1100 g/mol. The molecule has 0 aliphatic carbocycles. The smallest absolute Gasteiger partial charge is 0.356 e. The highest BCUT2D eigenvalue weighted by Gasteiger charge is 2.26. The SMILES string of the molecule is C#C.C#CC.COC(=O)c1ccc(-n2cnc(C)c2)c(OC)n1.COC1NC(C(=O)O)=CC=C1n1cnc(C)c1.Cc1cn(-c2ccc3n(c2=O)CCN(CCCl)C3=O)cn1.Cl.ClCCNCCCl.PP. The molecule has 5 aromatic rings. The number of dihydropyridines is 1. The average Bonchev–Trinajstić information content (AvgIpc) is 4.15. The van der Waals surface area contributed by atoms with Crippen LogP contribution < -0.4 is 20.9 Å². The van der Waals surface area contributed by atoms with Crippen molar-refractivity contribution in [3.63, 3.8) is 0 Å². The number of hydrogen-bond acceptors (Lipinski definition) is 13. The van der Waals surface area contributed by atoms with Crippen LogP contribution in [0.3, 0.4) is 0 Å². The Morgan fingerprint density at radius 1 is 0.845 bits per heavy atom. The number of allylic oxidation sites excluding steroid dienone is 2. The lowest BCUT2D eigenvalue weighted by Gasteiger charge is -2.29. The van der Waals surface area contributed by atoms with Crippen LogP contribution >= 0.6 is 65.1 Å². The topological polar surface area (TPSA) is 215 Å². The van der Waals surface area contributed by atoms with E-state index in [1.807, 2.05) is 33.2 Å². The van der Waals surface area contributed by atoms with Crippen LogP contribution in [0.15, 0.2) is 84.5 Å². The summed E-state index contributed by atoms with van der Waals surface area (Å²) in [7, 11) is 8.99. The van der Waals surface area contributed by atoms with Crippen molar-refractivity contribution < 1.29 is 33.7 Å². The third kappa shape index (κ3) is 20.5. The van der Waals surface area contributed by atoms with E-state index in [1.165, 1.54) is 32.0 Å². The third-order valence-corrected chi connectivity index (χ3v) is 9.56. The number of nitrogens with one attached hydrogen (secondary N) is 2. The van der Waals surface area contributed by atoms with E-state index in [-0.39, 0.29) is 35.3 Å². The summed E-state index contributed by atoms with van der Waals surface area (Å²) in [5.41, 5.74) is 5.15. The molecule has 3 N–H and O–H groups in total. The van der Waals surface area contributed by atoms with Crippen molar-refractivity contribution in [2.75, 3.05) is 65.1 Å². The molecular weight excluding hydrogens is 1040 g/mol. The molecule has 3 unspecified atom stereocenters. The zero-order chi connectivity index (χ0) is 52.8. The van der Waals surface area contributed by atoms with Gasteiger partial charge in [0.05, 0.1) is 56.0 Å². The van der Waals surface area contributed by atoms with E-state index in [0.29, 0.717) is 60.2 Å². The van der Waals surface area contributed by atoms with Crippen molar-refractivity contribution in [2.45, 2.75) is 40.5 Å². The number of aliphatic carboxylic acids is 1. The summed E-state index contributed by atoms with van der Waals surface area (Å²) in [5.74, 6) is 2.66. The Hall–Kier alpha value is -5.72. The van der Waals surface area contributed by atoms with E-state index < -0.39 is 18.2 Å². The summed E-state index contributed by atoms with van der Waals surface area (Å²) in [6.45, 7) is 10.5. The zero-order valence-corrected chi connectivity index (χ0v) is 45.8. The van der Waals surface area contributed by atoms with Gasteiger partial charge in [0, 0.05) is 76.1 Å².